The summed E-state index contributed by atoms with van der Waals surface area (Å²) in [6, 6.07) is 13.5. The van der Waals surface area contributed by atoms with Gasteiger partial charge in [0.15, 0.2) is 5.78 Å². The zero-order valence-electron chi connectivity index (χ0n) is 13.1. The molecule has 2 rings (SSSR count). The van der Waals surface area contributed by atoms with E-state index < -0.39 is 0 Å². The van der Waals surface area contributed by atoms with Crippen molar-refractivity contribution in [3.63, 3.8) is 0 Å². The number of hydrogen-bond donors (Lipinski definition) is 1. The third-order valence-electron chi connectivity index (χ3n) is 3.46. The molecule has 0 aliphatic heterocycles. The van der Waals surface area contributed by atoms with Crippen LogP contribution in [0.3, 0.4) is 0 Å². The predicted molar refractivity (Wildman–Crippen MR) is 93.8 cm³/mol. The number of halogens is 1. The van der Waals surface area contributed by atoms with E-state index in [2.05, 4.69) is 19.2 Å². The maximum atomic E-state index is 12.1. The van der Waals surface area contributed by atoms with Crippen molar-refractivity contribution in [1.82, 2.24) is 0 Å². The summed E-state index contributed by atoms with van der Waals surface area (Å²) in [6.07, 6.45) is 3.13. The van der Waals surface area contributed by atoms with Gasteiger partial charge in [-0.25, -0.2) is 0 Å². The summed E-state index contributed by atoms with van der Waals surface area (Å²) in [5.74, 6) is 0.427. The van der Waals surface area contributed by atoms with Crippen LogP contribution in [0.2, 0.25) is 5.02 Å². The van der Waals surface area contributed by atoms with Crippen molar-refractivity contribution in [1.29, 1.82) is 0 Å². The van der Waals surface area contributed by atoms with Crippen LogP contribution in [0.25, 0.3) is 0 Å². The first-order chi connectivity index (χ1) is 10.5. The Hall–Kier alpha value is -2.06. The normalized spacial score (nSPS) is 11.1. The number of rotatable bonds is 5. The van der Waals surface area contributed by atoms with Gasteiger partial charge in [0.05, 0.1) is 10.7 Å². The number of nitrogens with one attached hydrogen (secondary N) is 1. The van der Waals surface area contributed by atoms with Gasteiger partial charge in [-0.2, -0.15) is 0 Å². The predicted octanol–water partition coefficient (Wildman–Crippen LogP) is 5.58. The third kappa shape index (κ3) is 4.22. The number of anilines is 1. The van der Waals surface area contributed by atoms with Crippen molar-refractivity contribution >= 4 is 23.1 Å². The van der Waals surface area contributed by atoms with E-state index in [0.717, 1.165) is 11.3 Å². The van der Waals surface area contributed by atoms with Crippen molar-refractivity contribution in [3.05, 3.63) is 76.5 Å². The maximum Gasteiger partial charge on any atom is 0.187 e. The van der Waals surface area contributed by atoms with Crippen molar-refractivity contribution < 1.29 is 4.79 Å². The first-order valence-electron chi connectivity index (χ1n) is 7.31. The lowest BCUT2D eigenvalue weighted by molar-refractivity contribution is 0.104. The largest absolute Gasteiger partial charge is 0.360 e. The van der Waals surface area contributed by atoms with Gasteiger partial charge in [0.1, 0.15) is 0 Å². The first-order valence-corrected chi connectivity index (χ1v) is 7.68. The fraction of sp³-hybridized carbons (Fsp3) is 0.211. The topological polar surface area (TPSA) is 29.1 Å². The second-order valence-corrected chi connectivity index (χ2v) is 6.01. The Morgan fingerprint density at radius 3 is 2.41 bits per heavy atom. The molecular weight excluding hydrogens is 294 g/mol. The molecule has 0 heterocycles. The molecule has 0 aromatic heterocycles. The molecule has 0 saturated heterocycles. The molecule has 0 radical (unpaired) electrons. The van der Waals surface area contributed by atoms with Gasteiger partial charge in [0, 0.05) is 17.8 Å². The Morgan fingerprint density at radius 1 is 1.14 bits per heavy atom. The van der Waals surface area contributed by atoms with Crippen molar-refractivity contribution in [2.24, 2.45) is 0 Å². The molecule has 0 atom stereocenters. The second kappa shape index (κ2) is 7.28. The molecule has 3 heteroatoms. The fourth-order valence-corrected chi connectivity index (χ4v) is 2.36. The highest BCUT2D eigenvalue weighted by Crippen LogP contribution is 2.22. The summed E-state index contributed by atoms with van der Waals surface area (Å²) in [6.45, 7) is 6.24. The van der Waals surface area contributed by atoms with E-state index in [4.69, 9.17) is 11.6 Å². The van der Waals surface area contributed by atoms with Crippen LogP contribution in [0, 0.1) is 6.92 Å². The van der Waals surface area contributed by atoms with Gasteiger partial charge in [0.25, 0.3) is 0 Å². The molecule has 1 N–H and O–H groups in total. The number of carbonyl (C=O) groups excluding carboxylic acids is 1. The molecular formula is C19H20ClNO. The van der Waals surface area contributed by atoms with Crippen molar-refractivity contribution in [2.45, 2.75) is 26.7 Å². The van der Waals surface area contributed by atoms with Crippen LogP contribution in [-0.4, -0.2) is 5.78 Å². The summed E-state index contributed by atoms with van der Waals surface area (Å²) in [5, 5.41) is 3.67. The zero-order valence-corrected chi connectivity index (χ0v) is 13.8. The molecule has 2 aromatic carbocycles. The SMILES string of the molecule is Cc1ccc(NC=CC(=O)c2ccc(C(C)C)cc2)c(Cl)c1. The van der Waals surface area contributed by atoms with Gasteiger partial charge in [-0.05, 0) is 36.1 Å². The first kappa shape index (κ1) is 16.3. The summed E-state index contributed by atoms with van der Waals surface area (Å²) < 4.78 is 0. The molecule has 2 nitrogen and oxygen atoms in total. The number of benzene rings is 2. The van der Waals surface area contributed by atoms with Crippen LogP contribution < -0.4 is 5.32 Å². The zero-order chi connectivity index (χ0) is 16.1. The molecule has 22 heavy (non-hydrogen) atoms. The van der Waals surface area contributed by atoms with E-state index in [-0.39, 0.29) is 5.78 Å². The van der Waals surface area contributed by atoms with E-state index in [1.54, 1.807) is 6.20 Å². The summed E-state index contributed by atoms with van der Waals surface area (Å²) in [7, 11) is 0. The summed E-state index contributed by atoms with van der Waals surface area (Å²) in [4.78, 5) is 12.1. The molecule has 0 spiro atoms. The lowest BCUT2D eigenvalue weighted by atomic mass is 10.0. The standard InChI is InChI=1S/C19H20ClNO/c1-13(2)15-5-7-16(8-6-15)19(22)10-11-21-18-9-4-14(3)12-17(18)20/h4-13,21H,1-3H3. The van der Waals surface area contributed by atoms with E-state index in [1.165, 1.54) is 11.6 Å². The number of hydrogen-bond acceptors (Lipinski definition) is 2. The van der Waals surface area contributed by atoms with Crippen LogP contribution in [0.1, 0.15) is 41.3 Å². The molecule has 0 aliphatic carbocycles. The van der Waals surface area contributed by atoms with Gasteiger partial charge in [-0.1, -0.05) is 55.8 Å². The number of aryl methyl sites for hydroxylation is 1. The number of carbonyl (C=O) groups is 1. The summed E-state index contributed by atoms with van der Waals surface area (Å²) >= 11 is 6.13. The monoisotopic (exact) mass is 313 g/mol. The smallest absolute Gasteiger partial charge is 0.187 e. The van der Waals surface area contributed by atoms with Crippen LogP contribution in [-0.2, 0) is 0 Å². The number of ketones is 1. The maximum absolute atomic E-state index is 12.1. The highest BCUT2D eigenvalue weighted by atomic mass is 35.5. The average molecular weight is 314 g/mol. The van der Waals surface area contributed by atoms with Gasteiger partial charge in [-0.3, -0.25) is 4.79 Å². The van der Waals surface area contributed by atoms with E-state index in [0.29, 0.717) is 16.5 Å². The van der Waals surface area contributed by atoms with Gasteiger partial charge < -0.3 is 5.32 Å². The Bertz CT molecular complexity index is 687. The molecule has 0 unspecified atom stereocenters. The minimum atomic E-state index is -0.0361. The van der Waals surface area contributed by atoms with Crippen molar-refractivity contribution in [2.75, 3.05) is 5.32 Å². The van der Waals surface area contributed by atoms with E-state index in [9.17, 15) is 4.79 Å². The summed E-state index contributed by atoms with van der Waals surface area (Å²) in [5.41, 5.74) is 3.79. The fourth-order valence-electron chi connectivity index (χ4n) is 2.07. The highest BCUT2D eigenvalue weighted by molar-refractivity contribution is 6.33. The molecule has 0 fully saturated rings. The van der Waals surface area contributed by atoms with Gasteiger partial charge in [0.2, 0.25) is 0 Å². The van der Waals surface area contributed by atoms with Crippen LogP contribution >= 0.6 is 11.6 Å². The highest BCUT2D eigenvalue weighted by Gasteiger charge is 2.04. The molecule has 0 amide bonds. The Kier molecular flexibility index (Phi) is 5.40. The number of allylic oxidation sites excluding steroid dienone is 1. The Labute approximate surface area is 136 Å². The Morgan fingerprint density at radius 2 is 1.82 bits per heavy atom. The minimum Gasteiger partial charge on any atom is -0.360 e. The van der Waals surface area contributed by atoms with Crippen LogP contribution in [0.5, 0.6) is 0 Å². The lowest BCUT2D eigenvalue weighted by Gasteiger charge is -2.06. The quantitative estimate of drug-likeness (QED) is 0.576. The molecule has 2 aromatic rings. The lowest BCUT2D eigenvalue weighted by Crippen LogP contribution is -1.97. The minimum absolute atomic E-state index is 0.0361. The van der Waals surface area contributed by atoms with Gasteiger partial charge in [-0.15, -0.1) is 0 Å². The second-order valence-electron chi connectivity index (χ2n) is 5.60. The third-order valence-corrected chi connectivity index (χ3v) is 3.77. The van der Waals surface area contributed by atoms with Crippen LogP contribution in [0.15, 0.2) is 54.7 Å². The average Bonchev–Trinajstić information content (AvgIpc) is 2.49. The van der Waals surface area contributed by atoms with E-state index in [1.807, 2.05) is 49.4 Å². The molecule has 0 saturated carbocycles. The molecule has 0 bridgehead atoms. The van der Waals surface area contributed by atoms with Gasteiger partial charge >= 0.3 is 0 Å². The molecule has 114 valence electrons. The van der Waals surface area contributed by atoms with Crippen molar-refractivity contribution in [3.8, 4) is 0 Å². The molecule has 0 aliphatic rings. The van der Waals surface area contributed by atoms with Crippen LogP contribution in [0.4, 0.5) is 5.69 Å². The van der Waals surface area contributed by atoms with E-state index >= 15 is 0 Å². The Balaban J connectivity index is 2.02.